The largest absolute Gasteiger partial charge is 0.204 e. The first-order valence-corrected chi connectivity index (χ1v) is 10.9. The lowest BCUT2D eigenvalue weighted by Gasteiger charge is -2.38. The SMILES string of the molecule is CCCC1CCC(C2CCC(C3=Cc4c(cc(F)c(F)c4F)C3)CC2)CC1. The summed E-state index contributed by atoms with van der Waals surface area (Å²) in [5, 5.41) is 0. The highest BCUT2D eigenvalue weighted by atomic mass is 19.2. The van der Waals surface area contributed by atoms with E-state index in [-0.39, 0.29) is 5.56 Å². The molecule has 1 aromatic carbocycles. The van der Waals surface area contributed by atoms with Crippen LogP contribution < -0.4 is 0 Å². The first-order chi connectivity index (χ1) is 13.1. The summed E-state index contributed by atoms with van der Waals surface area (Å²) >= 11 is 0. The average molecular weight is 377 g/mol. The van der Waals surface area contributed by atoms with Gasteiger partial charge in [-0.1, -0.05) is 44.3 Å². The maximum absolute atomic E-state index is 14.0. The minimum atomic E-state index is -1.34. The summed E-state index contributed by atoms with van der Waals surface area (Å²) < 4.78 is 41.0. The zero-order valence-electron chi connectivity index (χ0n) is 16.4. The highest BCUT2D eigenvalue weighted by Gasteiger charge is 2.33. The number of benzene rings is 1. The van der Waals surface area contributed by atoms with Gasteiger partial charge in [0.25, 0.3) is 0 Å². The van der Waals surface area contributed by atoms with E-state index in [9.17, 15) is 13.2 Å². The standard InChI is InChI=1S/C24H31F3/c1-2-3-15-4-6-16(7-5-15)17-8-10-18(11-9-17)19-12-20-14-22(25)24(27)23(26)21(20)13-19/h13-18H,2-12H2,1H3. The van der Waals surface area contributed by atoms with Crippen LogP contribution in [0.15, 0.2) is 11.6 Å². The zero-order valence-corrected chi connectivity index (χ0v) is 16.4. The summed E-state index contributed by atoms with van der Waals surface area (Å²) in [5.41, 5.74) is 2.07. The maximum atomic E-state index is 14.0. The van der Waals surface area contributed by atoms with E-state index in [2.05, 4.69) is 6.92 Å². The van der Waals surface area contributed by atoms with Gasteiger partial charge in [0, 0.05) is 5.56 Å². The molecule has 1 aromatic rings. The van der Waals surface area contributed by atoms with Gasteiger partial charge in [-0.3, -0.25) is 0 Å². The molecule has 0 N–H and O–H groups in total. The molecule has 4 rings (SSSR count). The van der Waals surface area contributed by atoms with Crippen LogP contribution in [0.25, 0.3) is 6.08 Å². The normalized spacial score (nSPS) is 30.9. The lowest BCUT2D eigenvalue weighted by atomic mass is 9.68. The number of hydrogen-bond acceptors (Lipinski definition) is 0. The Labute approximate surface area is 161 Å². The monoisotopic (exact) mass is 376 g/mol. The molecule has 3 heteroatoms. The lowest BCUT2D eigenvalue weighted by molar-refractivity contribution is 0.150. The summed E-state index contributed by atoms with van der Waals surface area (Å²) in [6.07, 6.45) is 15.5. The van der Waals surface area contributed by atoms with Crippen LogP contribution in [0.3, 0.4) is 0 Å². The molecule has 0 aliphatic heterocycles. The number of hydrogen-bond donors (Lipinski definition) is 0. The van der Waals surface area contributed by atoms with E-state index >= 15 is 0 Å². The smallest absolute Gasteiger partial charge is 0.195 e. The zero-order chi connectivity index (χ0) is 19.0. The Morgan fingerprint density at radius 2 is 1.48 bits per heavy atom. The molecule has 27 heavy (non-hydrogen) atoms. The molecule has 0 atom stereocenters. The van der Waals surface area contributed by atoms with Crippen LogP contribution in [0.1, 0.15) is 82.3 Å². The van der Waals surface area contributed by atoms with E-state index in [1.165, 1.54) is 63.0 Å². The van der Waals surface area contributed by atoms with Crippen LogP contribution in [0.4, 0.5) is 13.2 Å². The molecular weight excluding hydrogens is 345 g/mol. The van der Waals surface area contributed by atoms with Crippen LogP contribution >= 0.6 is 0 Å². The lowest BCUT2D eigenvalue weighted by Crippen LogP contribution is -2.26. The Bertz CT molecular complexity index is 705. The van der Waals surface area contributed by atoms with Gasteiger partial charge in [0.2, 0.25) is 0 Å². The van der Waals surface area contributed by atoms with E-state index in [4.69, 9.17) is 0 Å². The highest BCUT2D eigenvalue weighted by molar-refractivity contribution is 5.65. The van der Waals surface area contributed by atoms with Crippen LogP contribution in [-0.4, -0.2) is 0 Å². The van der Waals surface area contributed by atoms with Crippen molar-refractivity contribution in [2.45, 2.75) is 77.6 Å². The van der Waals surface area contributed by atoms with Gasteiger partial charge in [-0.05, 0) is 80.2 Å². The van der Waals surface area contributed by atoms with Crippen molar-refractivity contribution in [3.63, 3.8) is 0 Å². The van der Waals surface area contributed by atoms with Crippen LogP contribution in [0.2, 0.25) is 0 Å². The van der Waals surface area contributed by atoms with Crippen molar-refractivity contribution in [3.05, 3.63) is 40.2 Å². The van der Waals surface area contributed by atoms with Crippen LogP contribution in [0, 0.1) is 41.1 Å². The molecule has 0 aromatic heterocycles. The molecule has 2 saturated carbocycles. The first kappa shape index (κ1) is 19.1. The predicted octanol–water partition coefficient (Wildman–Crippen LogP) is 7.46. The van der Waals surface area contributed by atoms with E-state index in [1.54, 1.807) is 6.08 Å². The van der Waals surface area contributed by atoms with Crippen molar-refractivity contribution in [1.82, 2.24) is 0 Å². The van der Waals surface area contributed by atoms with Gasteiger partial charge in [0.1, 0.15) is 0 Å². The van der Waals surface area contributed by atoms with Gasteiger partial charge in [0.05, 0.1) is 0 Å². The Hall–Kier alpha value is -1.25. The van der Waals surface area contributed by atoms with Crippen LogP contribution in [-0.2, 0) is 6.42 Å². The number of fused-ring (bicyclic) bond motifs is 1. The molecule has 3 aliphatic rings. The molecule has 0 unspecified atom stereocenters. The van der Waals surface area contributed by atoms with Crippen molar-refractivity contribution in [2.75, 3.05) is 0 Å². The van der Waals surface area contributed by atoms with Crippen molar-refractivity contribution in [3.8, 4) is 0 Å². The fourth-order valence-corrected chi connectivity index (χ4v) is 6.00. The van der Waals surface area contributed by atoms with Gasteiger partial charge in [-0.2, -0.15) is 0 Å². The predicted molar refractivity (Wildman–Crippen MR) is 104 cm³/mol. The summed E-state index contributed by atoms with van der Waals surface area (Å²) in [6, 6.07) is 1.18. The topological polar surface area (TPSA) is 0 Å². The van der Waals surface area contributed by atoms with Gasteiger partial charge in [-0.25, -0.2) is 13.2 Å². The molecule has 3 aliphatic carbocycles. The Morgan fingerprint density at radius 1 is 0.852 bits per heavy atom. The fraction of sp³-hybridized carbons (Fsp3) is 0.667. The maximum Gasteiger partial charge on any atom is 0.195 e. The Balaban J connectivity index is 1.33. The molecule has 0 radical (unpaired) electrons. The van der Waals surface area contributed by atoms with Crippen molar-refractivity contribution in [2.24, 2.45) is 23.7 Å². The van der Waals surface area contributed by atoms with Gasteiger partial charge >= 0.3 is 0 Å². The molecule has 2 fully saturated rings. The molecule has 0 saturated heterocycles. The second-order valence-electron chi connectivity index (χ2n) is 9.14. The second kappa shape index (κ2) is 8.01. The highest BCUT2D eigenvalue weighted by Crippen LogP contribution is 2.45. The fourth-order valence-electron chi connectivity index (χ4n) is 6.00. The van der Waals surface area contributed by atoms with Crippen molar-refractivity contribution < 1.29 is 13.2 Å². The minimum absolute atomic E-state index is 0.278. The third-order valence-electron chi connectivity index (χ3n) is 7.56. The Kier molecular flexibility index (Phi) is 5.66. The number of allylic oxidation sites excluding steroid dienone is 1. The van der Waals surface area contributed by atoms with Gasteiger partial charge in [-0.15, -0.1) is 0 Å². The average Bonchev–Trinajstić information content (AvgIpc) is 3.11. The minimum Gasteiger partial charge on any atom is -0.204 e. The molecule has 0 bridgehead atoms. The molecule has 0 heterocycles. The molecule has 0 nitrogen and oxygen atoms in total. The Morgan fingerprint density at radius 3 is 2.11 bits per heavy atom. The second-order valence-corrected chi connectivity index (χ2v) is 9.14. The van der Waals surface area contributed by atoms with E-state index < -0.39 is 17.5 Å². The van der Waals surface area contributed by atoms with Crippen molar-refractivity contribution in [1.29, 1.82) is 0 Å². The van der Waals surface area contributed by atoms with Gasteiger partial charge < -0.3 is 0 Å². The molecule has 148 valence electrons. The summed E-state index contributed by atoms with van der Waals surface area (Å²) in [6.45, 7) is 2.29. The van der Waals surface area contributed by atoms with Crippen LogP contribution in [0.5, 0.6) is 0 Å². The van der Waals surface area contributed by atoms with E-state index in [1.807, 2.05) is 0 Å². The third kappa shape index (κ3) is 3.84. The van der Waals surface area contributed by atoms with E-state index in [0.717, 1.165) is 30.6 Å². The van der Waals surface area contributed by atoms with Crippen molar-refractivity contribution >= 4 is 6.08 Å². The number of halogens is 3. The summed E-state index contributed by atoms with van der Waals surface area (Å²) in [4.78, 5) is 0. The summed E-state index contributed by atoms with van der Waals surface area (Å²) in [7, 11) is 0. The first-order valence-electron chi connectivity index (χ1n) is 10.9. The van der Waals surface area contributed by atoms with E-state index in [0.29, 0.717) is 17.9 Å². The quantitative estimate of drug-likeness (QED) is 0.479. The third-order valence-corrected chi connectivity index (χ3v) is 7.56. The number of rotatable bonds is 4. The summed E-state index contributed by atoms with van der Waals surface area (Å²) in [5.74, 6) is -0.264. The van der Waals surface area contributed by atoms with Gasteiger partial charge in [0.15, 0.2) is 17.5 Å². The molecule has 0 spiro atoms. The molecular formula is C24H31F3. The molecule has 0 amide bonds.